The van der Waals surface area contributed by atoms with Crippen molar-refractivity contribution >= 4 is 17.6 Å². The van der Waals surface area contributed by atoms with E-state index in [4.69, 9.17) is 16.3 Å². The lowest BCUT2D eigenvalue weighted by atomic mass is 10.1. The molecule has 0 unspecified atom stereocenters. The van der Waals surface area contributed by atoms with Crippen LogP contribution in [0.1, 0.15) is 25.5 Å². The van der Waals surface area contributed by atoms with E-state index in [1.165, 1.54) is 0 Å². The molecule has 0 bridgehead atoms. The van der Waals surface area contributed by atoms with E-state index >= 15 is 0 Å². The van der Waals surface area contributed by atoms with Crippen LogP contribution in [0.25, 0.3) is 0 Å². The van der Waals surface area contributed by atoms with E-state index in [1.807, 2.05) is 31.2 Å². The Bertz CT molecular complexity index is 337. The fourth-order valence-corrected chi connectivity index (χ4v) is 1.44. The van der Waals surface area contributed by atoms with Gasteiger partial charge < -0.3 is 10.1 Å². The van der Waals surface area contributed by atoms with Gasteiger partial charge in [-0.1, -0.05) is 23.7 Å². The summed E-state index contributed by atoms with van der Waals surface area (Å²) in [6.45, 7) is 4.41. The number of hydrogen-bond donors (Lipinski definition) is 1. The Morgan fingerprint density at radius 2 is 2.06 bits per heavy atom. The Kier molecular flexibility index (Phi) is 5.29. The molecule has 1 atom stereocenters. The number of nitrogens with one attached hydrogen (secondary N) is 1. The van der Waals surface area contributed by atoms with Gasteiger partial charge in [-0.15, -0.1) is 0 Å². The standard InChI is InChI=1S/C12H16ClNO2/c1-3-16-12(15)8-14-9(2)10-4-6-11(13)7-5-10/h4-7,9,14H,3,8H2,1-2H3/t9-/m0/s1. The SMILES string of the molecule is CCOC(=O)CN[C@@H](C)c1ccc(Cl)cc1. The molecule has 1 N–H and O–H groups in total. The Morgan fingerprint density at radius 3 is 2.62 bits per heavy atom. The highest BCUT2D eigenvalue weighted by Crippen LogP contribution is 2.15. The van der Waals surface area contributed by atoms with E-state index in [2.05, 4.69) is 5.32 Å². The summed E-state index contributed by atoms with van der Waals surface area (Å²) in [5.41, 5.74) is 1.09. The topological polar surface area (TPSA) is 38.3 Å². The van der Waals surface area contributed by atoms with Gasteiger partial charge in [0.1, 0.15) is 0 Å². The van der Waals surface area contributed by atoms with E-state index in [0.717, 1.165) is 5.56 Å². The van der Waals surface area contributed by atoms with E-state index < -0.39 is 0 Å². The first-order chi connectivity index (χ1) is 7.63. The number of hydrogen-bond acceptors (Lipinski definition) is 3. The third-order valence-electron chi connectivity index (χ3n) is 2.23. The molecule has 0 fully saturated rings. The molecule has 0 aromatic heterocycles. The van der Waals surface area contributed by atoms with Crippen LogP contribution in [0.2, 0.25) is 5.02 Å². The molecule has 4 heteroatoms. The zero-order valence-corrected chi connectivity index (χ0v) is 10.3. The average molecular weight is 242 g/mol. The summed E-state index contributed by atoms with van der Waals surface area (Å²) >= 11 is 5.79. The molecule has 3 nitrogen and oxygen atoms in total. The van der Waals surface area contributed by atoms with E-state index in [9.17, 15) is 4.79 Å². The van der Waals surface area contributed by atoms with Gasteiger partial charge in [0.2, 0.25) is 0 Å². The van der Waals surface area contributed by atoms with Crippen molar-refractivity contribution < 1.29 is 9.53 Å². The predicted molar refractivity (Wildman–Crippen MR) is 64.5 cm³/mol. The Hall–Kier alpha value is -1.06. The molecule has 0 spiro atoms. The van der Waals surface area contributed by atoms with Crippen LogP contribution in [0, 0.1) is 0 Å². The second-order valence-electron chi connectivity index (χ2n) is 3.46. The summed E-state index contributed by atoms with van der Waals surface area (Å²) in [5, 5.41) is 3.79. The quantitative estimate of drug-likeness (QED) is 0.806. The minimum absolute atomic E-state index is 0.0988. The molecule has 0 saturated carbocycles. The molecule has 0 aliphatic rings. The number of ether oxygens (including phenoxy) is 1. The van der Waals surface area contributed by atoms with Crippen molar-refractivity contribution in [3.63, 3.8) is 0 Å². The highest BCUT2D eigenvalue weighted by atomic mass is 35.5. The van der Waals surface area contributed by atoms with Gasteiger partial charge in [-0.3, -0.25) is 4.79 Å². The smallest absolute Gasteiger partial charge is 0.319 e. The van der Waals surface area contributed by atoms with E-state index in [0.29, 0.717) is 11.6 Å². The van der Waals surface area contributed by atoms with Crippen molar-refractivity contribution in [2.45, 2.75) is 19.9 Å². The van der Waals surface area contributed by atoms with Crippen molar-refractivity contribution in [2.75, 3.05) is 13.2 Å². The molecular formula is C12H16ClNO2. The van der Waals surface area contributed by atoms with Gasteiger partial charge in [0.15, 0.2) is 0 Å². The molecular weight excluding hydrogens is 226 g/mol. The monoisotopic (exact) mass is 241 g/mol. The summed E-state index contributed by atoms with van der Waals surface area (Å²) in [7, 11) is 0. The van der Waals surface area contributed by atoms with Crippen LogP contribution in [0.5, 0.6) is 0 Å². The fraction of sp³-hybridized carbons (Fsp3) is 0.417. The normalized spacial score (nSPS) is 12.2. The maximum atomic E-state index is 11.1. The first-order valence-electron chi connectivity index (χ1n) is 5.28. The molecule has 1 aromatic carbocycles. The van der Waals surface area contributed by atoms with E-state index in [1.54, 1.807) is 6.92 Å². The zero-order valence-electron chi connectivity index (χ0n) is 9.50. The summed E-state index contributed by atoms with van der Waals surface area (Å²) < 4.78 is 4.82. The van der Waals surface area contributed by atoms with Crippen LogP contribution in [-0.2, 0) is 9.53 Å². The largest absolute Gasteiger partial charge is 0.465 e. The molecule has 0 radical (unpaired) electrons. The number of halogens is 1. The third kappa shape index (κ3) is 4.21. The highest BCUT2D eigenvalue weighted by molar-refractivity contribution is 6.30. The number of benzene rings is 1. The second-order valence-corrected chi connectivity index (χ2v) is 3.90. The summed E-state index contributed by atoms with van der Waals surface area (Å²) in [6, 6.07) is 7.64. The first kappa shape index (κ1) is 13.0. The third-order valence-corrected chi connectivity index (χ3v) is 2.48. The zero-order chi connectivity index (χ0) is 12.0. The average Bonchev–Trinajstić information content (AvgIpc) is 2.27. The maximum Gasteiger partial charge on any atom is 0.319 e. The molecule has 0 amide bonds. The lowest BCUT2D eigenvalue weighted by molar-refractivity contribution is -0.142. The number of esters is 1. The molecule has 88 valence electrons. The van der Waals surface area contributed by atoms with Crippen molar-refractivity contribution in [2.24, 2.45) is 0 Å². The van der Waals surface area contributed by atoms with Gasteiger partial charge in [-0.2, -0.15) is 0 Å². The van der Waals surface area contributed by atoms with Crippen molar-refractivity contribution in [1.82, 2.24) is 5.32 Å². The van der Waals surface area contributed by atoms with Crippen LogP contribution in [0.4, 0.5) is 0 Å². The molecule has 0 aliphatic carbocycles. The van der Waals surface area contributed by atoms with Gasteiger partial charge in [-0.05, 0) is 31.5 Å². The Morgan fingerprint density at radius 1 is 1.44 bits per heavy atom. The molecule has 0 saturated heterocycles. The summed E-state index contributed by atoms with van der Waals surface area (Å²) in [4.78, 5) is 11.1. The lowest BCUT2D eigenvalue weighted by Crippen LogP contribution is -2.27. The number of rotatable bonds is 5. The van der Waals surface area contributed by atoms with Gasteiger partial charge in [0, 0.05) is 11.1 Å². The van der Waals surface area contributed by atoms with Crippen LogP contribution in [-0.4, -0.2) is 19.1 Å². The Labute approximate surface area is 101 Å². The van der Waals surface area contributed by atoms with Crippen LogP contribution in [0.3, 0.4) is 0 Å². The van der Waals surface area contributed by atoms with E-state index in [-0.39, 0.29) is 18.6 Å². The molecule has 16 heavy (non-hydrogen) atoms. The second kappa shape index (κ2) is 6.51. The van der Waals surface area contributed by atoms with Crippen molar-refractivity contribution in [3.8, 4) is 0 Å². The van der Waals surface area contributed by atoms with Gasteiger partial charge in [0.05, 0.1) is 13.2 Å². The molecule has 0 heterocycles. The number of carbonyl (C=O) groups is 1. The summed E-state index contributed by atoms with van der Waals surface area (Å²) in [6.07, 6.45) is 0. The van der Waals surface area contributed by atoms with Crippen LogP contribution < -0.4 is 5.32 Å². The maximum absolute atomic E-state index is 11.1. The van der Waals surface area contributed by atoms with Crippen LogP contribution in [0.15, 0.2) is 24.3 Å². The van der Waals surface area contributed by atoms with Gasteiger partial charge in [0.25, 0.3) is 0 Å². The van der Waals surface area contributed by atoms with Gasteiger partial charge in [-0.25, -0.2) is 0 Å². The van der Waals surface area contributed by atoms with Crippen molar-refractivity contribution in [3.05, 3.63) is 34.9 Å². The van der Waals surface area contributed by atoms with Crippen LogP contribution >= 0.6 is 11.6 Å². The fourth-order valence-electron chi connectivity index (χ4n) is 1.32. The highest BCUT2D eigenvalue weighted by Gasteiger charge is 2.07. The predicted octanol–water partition coefficient (Wildman–Crippen LogP) is 2.55. The minimum atomic E-state index is -0.233. The molecule has 1 rings (SSSR count). The first-order valence-corrected chi connectivity index (χ1v) is 5.65. The minimum Gasteiger partial charge on any atom is -0.465 e. The molecule has 1 aromatic rings. The van der Waals surface area contributed by atoms with Crippen molar-refractivity contribution in [1.29, 1.82) is 0 Å². The lowest BCUT2D eigenvalue weighted by Gasteiger charge is -2.13. The van der Waals surface area contributed by atoms with Gasteiger partial charge >= 0.3 is 5.97 Å². The number of carbonyl (C=O) groups excluding carboxylic acids is 1. The Balaban J connectivity index is 2.43. The summed E-state index contributed by atoms with van der Waals surface area (Å²) in [5.74, 6) is -0.233. The molecule has 0 aliphatic heterocycles.